The zero-order chi connectivity index (χ0) is 15.6. The third kappa shape index (κ3) is 2.96. The first kappa shape index (κ1) is 14.3. The van der Waals surface area contributed by atoms with Crippen molar-refractivity contribution >= 4 is 17.3 Å². The molecule has 1 saturated heterocycles. The highest BCUT2D eigenvalue weighted by Gasteiger charge is 2.17. The molecule has 1 aliphatic heterocycles. The lowest BCUT2D eigenvalue weighted by molar-refractivity contribution is 0.578. The van der Waals surface area contributed by atoms with Gasteiger partial charge in [-0.3, -0.25) is 9.78 Å². The molecular formula is C18H22N4O. The van der Waals surface area contributed by atoms with Crippen LogP contribution in [0.4, 0.5) is 17.3 Å². The van der Waals surface area contributed by atoms with Crippen molar-refractivity contribution in [2.24, 2.45) is 0 Å². The SMILES string of the molecule is O=c1[nH]c(Nc2ccc(N3CCCCC3)cc2)nc2c1CCC2. The van der Waals surface area contributed by atoms with Crippen LogP contribution in [0.2, 0.25) is 0 Å². The molecule has 0 radical (unpaired) electrons. The van der Waals surface area contributed by atoms with E-state index < -0.39 is 0 Å². The Morgan fingerprint density at radius 1 is 1.00 bits per heavy atom. The van der Waals surface area contributed by atoms with Crippen LogP contribution in [-0.4, -0.2) is 23.1 Å². The van der Waals surface area contributed by atoms with E-state index in [4.69, 9.17) is 0 Å². The Morgan fingerprint density at radius 2 is 1.78 bits per heavy atom. The summed E-state index contributed by atoms with van der Waals surface area (Å²) in [6.45, 7) is 2.29. The van der Waals surface area contributed by atoms with Gasteiger partial charge in [-0.25, -0.2) is 4.98 Å². The van der Waals surface area contributed by atoms with Gasteiger partial charge in [0, 0.05) is 30.0 Å². The maximum Gasteiger partial charge on any atom is 0.255 e. The summed E-state index contributed by atoms with van der Waals surface area (Å²) in [7, 11) is 0. The summed E-state index contributed by atoms with van der Waals surface area (Å²) in [5.41, 5.74) is 4.02. The molecule has 1 aromatic heterocycles. The van der Waals surface area contributed by atoms with E-state index >= 15 is 0 Å². The number of benzene rings is 1. The van der Waals surface area contributed by atoms with E-state index in [0.717, 1.165) is 49.3 Å². The van der Waals surface area contributed by atoms with Crippen LogP contribution in [0.3, 0.4) is 0 Å². The molecule has 1 aromatic carbocycles. The van der Waals surface area contributed by atoms with E-state index in [-0.39, 0.29) is 5.56 Å². The average Bonchev–Trinajstić information content (AvgIpc) is 3.05. The Bertz CT molecular complexity index is 745. The fraction of sp³-hybridized carbons (Fsp3) is 0.444. The van der Waals surface area contributed by atoms with Gasteiger partial charge < -0.3 is 10.2 Å². The summed E-state index contributed by atoms with van der Waals surface area (Å²) in [5.74, 6) is 0.543. The molecular weight excluding hydrogens is 288 g/mol. The maximum atomic E-state index is 12.0. The number of aromatic amines is 1. The van der Waals surface area contributed by atoms with Crippen LogP contribution in [0.25, 0.3) is 0 Å². The van der Waals surface area contributed by atoms with Gasteiger partial charge in [0.2, 0.25) is 5.95 Å². The van der Waals surface area contributed by atoms with Crippen LogP contribution in [-0.2, 0) is 12.8 Å². The molecule has 0 unspecified atom stereocenters. The van der Waals surface area contributed by atoms with Crippen molar-refractivity contribution in [3.8, 4) is 0 Å². The predicted octanol–water partition coefficient (Wildman–Crippen LogP) is 2.99. The quantitative estimate of drug-likeness (QED) is 0.915. The van der Waals surface area contributed by atoms with Crippen LogP contribution < -0.4 is 15.8 Å². The molecule has 4 rings (SSSR count). The van der Waals surface area contributed by atoms with Crippen molar-refractivity contribution in [1.82, 2.24) is 9.97 Å². The van der Waals surface area contributed by atoms with Gasteiger partial charge in [0.05, 0.1) is 5.69 Å². The number of piperidine rings is 1. The van der Waals surface area contributed by atoms with Gasteiger partial charge in [-0.15, -0.1) is 0 Å². The third-order valence-electron chi connectivity index (χ3n) is 4.79. The second-order valence-electron chi connectivity index (χ2n) is 6.41. The molecule has 2 aromatic rings. The van der Waals surface area contributed by atoms with E-state index in [1.54, 1.807) is 0 Å². The molecule has 0 saturated carbocycles. The number of anilines is 3. The minimum atomic E-state index is -0.0000584. The van der Waals surface area contributed by atoms with E-state index in [1.807, 2.05) is 0 Å². The van der Waals surface area contributed by atoms with Crippen molar-refractivity contribution in [2.45, 2.75) is 38.5 Å². The van der Waals surface area contributed by atoms with Crippen molar-refractivity contribution in [3.63, 3.8) is 0 Å². The Hall–Kier alpha value is -2.30. The lowest BCUT2D eigenvalue weighted by Gasteiger charge is -2.28. The Balaban J connectivity index is 1.51. The molecule has 23 heavy (non-hydrogen) atoms. The molecule has 2 heterocycles. The summed E-state index contributed by atoms with van der Waals surface area (Å²) >= 11 is 0. The highest BCUT2D eigenvalue weighted by Crippen LogP contribution is 2.23. The second kappa shape index (κ2) is 6.07. The normalized spacial score (nSPS) is 17.1. The Labute approximate surface area is 135 Å². The van der Waals surface area contributed by atoms with Crippen molar-refractivity contribution < 1.29 is 0 Å². The highest BCUT2D eigenvalue weighted by molar-refractivity contribution is 5.59. The molecule has 5 nitrogen and oxygen atoms in total. The number of hydrogen-bond donors (Lipinski definition) is 2. The molecule has 1 fully saturated rings. The number of aromatic nitrogens is 2. The summed E-state index contributed by atoms with van der Waals surface area (Å²) in [6, 6.07) is 8.38. The van der Waals surface area contributed by atoms with Gasteiger partial charge in [-0.1, -0.05) is 0 Å². The predicted molar refractivity (Wildman–Crippen MR) is 92.7 cm³/mol. The first-order valence-corrected chi connectivity index (χ1v) is 8.54. The number of rotatable bonds is 3. The number of H-pyrrole nitrogens is 1. The molecule has 0 spiro atoms. The summed E-state index contributed by atoms with van der Waals surface area (Å²) < 4.78 is 0. The second-order valence-corrected chi connectivity index (χ2v) is 6.41. The van der Waals surface area contributed by atoms with Crippen molar-refractivity contribution in [3.05, 3.63) is 45.9 Å². The summed E-state index contributed by atoms with van der Waals surface area (Å²) in [4.78, 5) is 21.9. The van der Waals surface area contributed by atoms with Crippen molar-refractivity contribution in [1.29, 1.82) is 0 Å². The zero-order valence-corrected chi connectivity index (χ0v) is 13.3. The molecule has 1 aliphatic carbocycles. The van der Waals surface area contributed by atoms with Crippen LogP contribution in [0.5, 0.6) is 0 Å². The molecule has 2 aliphatic rings. The van der Waals surface area contributed by atoms with Gasteiger partial charge in [-0.05, 0) is 62.8 Å². The number of hydrogen-bond acceptors (Lipinski definition) is 4. The first-order valence-electron chi connectivity index (χ1n) is 8.54. The number of nitrogens with zero attached hydrogens (tertiary/aromatic N) is 2. The number of aryl methyl sites for hydroxylation is 1. The molecule has 120 valence electrons. The van der Waals surface area contributed by atoms with Crippen LogP contribution >= 0.6 is 0 Å². The third-order valence-corrected chi connectivity index (χ3v) is 4.79. The monoisotopic (exact) mass is 310 g/mol. The standard InChI is InChI=1S/C18H22N4O/c23-17-15-5-4-6-16(15)20-18(21-17)19-13-7-9-14(10-8-13)22-11-2-1-3-12-22/h7-10H,1-6,11-12H2,(H2,19,20,21,23). The van der Waals surface area contributed by atoms with Gasteiger partial charge in [0.25, 0.3) is 5.56 Å². The lowest BCUT2D eigenvalue weighted by atomic mass is 10.1. The van der Waals surface area contributed by atoms with E-state index in [2.05, 4.69) is 44.5 Å². The van der Waals surface area contributed by atoms with Crippen LogP contribution in [0.1, 0.15) is 36.9 Å². The smallest absolute Gasteiger partial charge is 0.255 e. The maximum absolute atomic E-state index is 12.0. The van der Waals surface area contributed by atoms with Gasteiger partial charge in [-0.2, -0.15) is 0 Å². The molecule has 0 bridgehead atoms. The molecule has 0 amide bonds. The van der Waals surface area contributed by atoms with Crippen LogP contribution in [0.15, 0.2) is 29.1 Å². The lowest BCUT2D eigenvalue weighted by Crippen LogP contribution is -2.29. The van der Waals surface area contributed by atoms with Gasteiger partial charge in [0.15, 0.2) is 0 Å². The largest absolute Gasteiger partial charge is 0.372 e. The highest BCUT2D eigenvalue weighted by atomic mass is 16.1. The Kier molecular flexibility index (Phi) is 3.77. The molecule has 2 N–H and O–H groups in total. The molecule has 0 atom stereocenters. The number of nitrogens with one attached hydrogen (secondary N) is 2. The molecule has 5 heteroatoms. The first-order chi connectivity index (χ1) is 11.3. The summed E-state index contributed by atoms with van der Waals surface area (Å²) in [6.07, 6.45) is 6.68. The van der Waals surface area contributed by atoms with Gasteiger partial charge >= 0.3 is 0 Å². The average molecular weight is 310 g/mol. The minimum absolute atomic E-state index is 0.0000584. The summed E-state index contributed by atoms with van der Waals surface area (Å²) in [5, 5.41) is 3.22. The van der Waals surface area contributed by atoms with Crippen molar-refractivity contribution in [2.75, 3.05) is 23.3 Å². The van der Waals surface area contributed by atoms with Crippen LogP contribution in [0, 0.1) is 0 Å². The fourth-order valence-electron chi connectivity index (χ4n) is 3.55. The van der Waals surface area contributed by atoms with Gasteiger partial charge in [0.1, 0.15) is 0 Å². The Morgan fingerprint density at radius 3 is 2.57 bits per heavy atom. The topological polar surface area (TPSA) is 61.0 Å². The zero-order valence-electron chi connectivity index (χ0n) is 13.3. The number of fused-ring (bicyclic) bond motifs is 1. The van der Waals surface area contributed by atoms with E-state index in [1.165, 1.54) is 24.9 Å². The van der Waals surface area contributed by atoms with E-state index in [9.17, 15) is 4.79 Å². The fourth-order valence-corrected chi connectivity index (χ4v) is 3.55. The minimum Gasteiger partial charge on any atom is -0.372 e. The van der Waals surface area contributed by atoms with E-state index in [0.29, 0.717) is 5.95 Å².